The monoisotopic (exact) mass is 595 g/mol. The lowest BCUT2D eigenvalue weighted by molar-refractivity contribution is -0.151. The summed E-state index contributed by atoms with van der Waals surface area (Å²) in [5.74, 6) is -0.203. The Morgan fingerprint density at radius 1 is 1.26 bits per heavy atom. The second-order valence-corrected chi connectivity index (χ2v) is 12.6. The molecule has 6 rings (SSSR count). The fraction of sp³-hybridized carbons (Fsp3) is 0.645. The van der Waals surface area contributed by atoms with Gasteiger partial charge in [-0.05, 0) is 57.5 Å². The lowest BCUT2D eigenvalue weighted by atomic mass is 9.71. The van der Waals surface area contributed by atoms with Crippen molar-refractivity contribution in [3.8, 4) is 11.8 Å². The van der Waals surface area contributed by atoms with Crippen LogP contribution in [0.25, 0.3) is 0 Å². The molecule has 7 atom stereocenters. The molecule has 11 nitrogen and oxygen atoms in total. The lowest BCUT2D eigenvalue weighted by Gasteiger charge is -2.55. The highest BCUT2D eigenvalue weighted by molar-refractivity contribution is 6.02. The number of amides is 2. The molecule has 43 heavy (non-hydrogen) atoms. The summed E-state index contributed by atoms with van der Waals surface area (Å²) in [4.78, 5) is 34.3. The quantitative estimate of drug-likeness (QED) is 0.474. The number of halogens is 1. The average molecular weight is 596 g/mol. The number of anilines is 1. The van der Waals surface area contributed by atoms with E-state index in [0.29, 0.717) is 63.0 Å². The molecule has 2 N–H and O–H groups in total. The van der Waals surface area contributed by atoms with Crippen molar-refractivity contribution in [2.24, 2.45) is 5.92 Å². The Hall–Kier alpha value is -3.08. The van der Waals surface area contributed by atoms with E-state index in [9.17, 15) is 19.2 Å². The highest BCUT2D eigenvalue weighted by atomic mass is 19.1. The van der Waals surface area contributed by atoms with Gasteiger partial charge in [0.2, 0.25) is 5.91 Å². The fourth-order valence-corrected chi connectivity index (χ4v) is 7.78. The number of rotatable bonds is 6. The summed E-state index contributed by atoms with van der Waals surface area (Å²) in [6.07, 6.45) is 4.80. The second kappa shape index (κ2) is 12.1. The van der Waals surface area contributed by atoms with E-state index < -0.39 is 17.8 Å². The molecule has 1 aromatic rings. The van der Waals surface area contributed by atoms with Crippen molar-refractivity contribution in [1.82, 2.24) is 25.3 Å². The lowest BCUT2D eigenvalue weighted by Crippen LogP contribution is -2.74. The van der Waals surface area contributed by atoms with Crippen LogP contribution in [0, 0.1) is 23.1 Å². The van der Waals surface area contributed by atoms with E-state index in [1.54, 1.807) is 22.9 Å². The first-order valence-corrected chi connectivity index (χ1v) is 15.4. The Bertz CT molecular complexity index is 1290. The standard InChI is InChI=1S/C31H42FN7O4/c1-4-27(40)39-15-14-38(18-21(39)10-12-33)28-23-9-11-31(29(41)37(3)25-8-7-20(32)16-26(25)43-31)17-24(23)34-30(35-28)42-19-22-6-5-13-36(22)2/h4,7-8,16,21-24,28,30,34-35H,1,5-6,9-11,13-15,17-19H2,2-3H3/t21-,22+,23?,24?,28?,30?,31+/m1/s1. The number of nitrogens with zero attached hydrogens (tertiary/aromatic N) is 5. The molecule has 5 aliphatic rings. The van der Waals surface area contributed by atoms with E-state index in [1.807, 2.05) is 0 Å². The van der Waals surface area contributed by atoms with Crippen LogP contribution in [0.1, 0.15) is 38.5 Å². The van der Waals surface area contributed by atoms with Crippen molar-refractivity contribution in [2.75, 3.05) is 51.8 Å². The normalized spacial score (nSPS) is 34.8. The first kappa shape index (κ1) is 30.0. The van der Waals surface area contributed by atoms with Gasteiger partial charge in [-0.25, -0.2) is 4.39 Å². The minimum atomic E-state index is -1.11. The molecule has 0 aromatic heterocycles. The van der Waals surface area contributed by atoms with Crippen LogP contribution in [-0.4, -0.2) is 110 Å². The van der Waals surface area contributed by atoms with Gasteiger partial charge in [-0.2, -0.15) is 5.26 Å². The predicted octanol–water partition coefficient (Wildman–Crippen LogP) is 1.61. The molecule has 1 aromatic carbocycles. The number of benzene rings is 1. The topological polar surface area (TPSA) is 113 Å². The number of ether oxygens (including phenoxy) is 2. The number of likely N-dealkylation sites (tertiary alicyclic amines) is 1. The van der Waals surface area contributed by atoms with Gasteiger partial charge in [-0.15, -0.1) is 0 Å². The molecule has 0 radical (unpaired) electrons. The van der Waals surface area contributed by atoms with Gasteiger partial charge >= 0.3 is 0 Å². The van der Waals surface area contributed by atoms with E-state index in [-0.39, 0.29) is 42.4 Å². The number of hydrogen-bond donors (Lipinski definition) is 2. The molecule has 12 heteroatoms. The number of carbonyl (C=O) groups is 2. The summed E-state index contributed by atoms with van der Waals surface area (Å²) in [7, 11) is 3.84. The summed E-state index contributed by atoms with van der Waals surface area (Å²) in [6.45, 7) is 6.94. The maximum Gasteiger partial charge on any atom is 0.271 e. The van der Waals surface area contributed by atoms with Crippen molar-refractivity contribution in [3.05, 3.63) is 36.7 Å². The summed E-state index contributed by atoms with van der Waals surface area (Å²) in [5.41, 5.74) is -0.548. The van der Waals surface area contributed by atoms with Gasteiger partial charge < -0.3 is 24.2 Å². The number of nitrogens with one attached hydrogen (secondary N) is 2. The van der Waals surface area contributed by atoms with E-state index in [0.717, 1.165) is 19.4 Å². The minimum absolute atomic E-state index is 0.0989. The van der Waals surface area contributed by atoms with Crippen molar-refractivity contribution in [3.63, 3.8) is 0 Å². The predicted molar refractivity (Wildman–Crippen MR) is 157 cm³/mol. The highest BCUT2D eigenvalue weighted by Gasteiger charge is 2.56. The van der Waals surface area contributed by atoms with Crippen LogP contribution >= 0.6 is 0 Å². The third-order valence-electron chi connectivity index (χ3n) is 10.1. The summed E-state index contributed by atoms with van der Waals surface area (Å²) in [5, 5.41) is 16.9. The van der Waals surface area contributed by atoms with Crippen LogP contribution < -0.4 is 20.3 Å². The Kier molecular flexibility index (Phi) is 8.45. The Labute approximate surface area is 252 Å². The molecule has 4 aliphatic heterocycles. The van der Waals surface area contributed by atoms with Gasteiger partial charge in [0.1, 0.15) is 11.6 Å². The largest absolute Gasteiger partial charge is 0.475 e. The zero-order chi connectivity index (χ0) is 30.3. The Morgan fingerprint density at radius 2 is 2.09 bits per heavy atom. The number of carbonyl (C=O) groups excluding carboxylic acids is 2. The number of hydrogen-bond acceptors (Lipinski definition) is 9. The maximum absolute atomic E-state index is 14.2. The molecule has 4 unspecified atom stereocenters. The average Bonchev–Trinajstić information content (AvgIpc) is 3.42. The molecular weight excluding hydrogens is 553 g/mol. The molecule has 0 bridgehead atoms. The number of piperazine rings is 1. The fourth-order valence-electron chi connectivity index (χ4n) is 7.78. The molecule has 1 spiro atoms. The summed E-state index contributed by atoms with van der Waals surface area (Å²) in [6, 6.07) is 6.50. The SMILES string of the molecule is C=CC(=O)N1CCN(C2NC(OC[C@@H]3CCCN3C)NC3C[C@]4(CCC32)Oc2cc(F)ccc2N(C)C4=O)C[C@H]1CC#N. The smallest absolute Gasteiger partial charge is 0.271 e. The molecule has 4 heterocycles. The molecule has 232 valence electrons. The maximum atomic E-state index is 14.2. The summed E-state index contributed by atoms with van der Waals surface area (Å²) < 4.78 is 27.1. The Morgan fingerprint density at radius 3 is 2.84 bits per heavy atom. The van der Waals surface area contributed by atoms with Crippen molar-refractivity contribution in [2.45, 2.75) is 74.8 Å². The highest BCUT2D eigenvalue weighted by Crippen LogP contribution is 2.46. The van der Waals surface area contributed by atoms with Crippen molar-refractivity contribution in [1.29, 1.82) is 5.26 Å². The third kappa shape index (κ3) is 5.65. The number of fused-ring (bicyclic) bond motifs is 2. The molecule has 3 saturated heterocycles. The van der Waals surface area contributed by atoms with E-state index in [2.05, 4.69) is 40.1 Å². The first-order chi connectivity index (χ1) is 20.7. The van der Waals surface area contributed by atoms with Crippen LogP contribution in [0.4, 0.5) is 10.1 Å². The van der Waals surface area contributed by atoms with Crippen LogP contribution in [0.2, 0.25) is 0 Å². The van der Waals surface area contributed by atoms with Gasteiger partial charge in [0, 0.05) is 57.2 Å². The zero-order valence-corrected chi connectivity index (χ0v) is 25.0. The second-order valence-electron chi connectivity index (χ2n) is 12.6. The van der Waals surface area contributed by atoms with Crippen LogP contribution in [0.5, 0.6) is 5.75 Å². The molecule has 4 fully saturated rings. The Balaban J connectivity index is 1.25. The van der Waals surface area contributed by atoms with E-state index in [4.69, 9.17) is 9.47 Å². The molecular formula is C31H42FN7O4. The third-order valence-corrected chi connectivity index (χ3v) is 10.1. The molecule has 2 amide bonds. The van der Waals surface area contributed by atoms with Crippen LogP contribution in [0.3, 0.4) is 0 Å². The van der Waals surface area contributed by atoms with Gasteiger partial charge in [0.15, 0.2) is 12.0 Å². The zero-order valence-electron chi connectivity index (χ0n) is 25.0. The number of nitriles is 1. The van der Waals surface area contributed by atoms with Crippen molar-refractivity contribution >= 4 is 17.5 Å². The van der Waals surface area contributed by atoms with E-state index in [1.165, 1.54) is 18.2 Å². The first-order valence-electron chi connectivity index (χ1n) is 15.4. The van der Waals surface area contributed by atoms with E-state index >= 15 is 0 Å². The van der Waals surface area contributed by atoms with Gasteiger partial charge in [-0.3, -0.25) is 25.1 Å². The van der Waals surface area contributed by atoms with Crippen LogP contribution in [-0.2, 0) is 14.3 Å². The molecule has 1 saturated carbocycles. The van der Waals surface area contributed by atoms with Gasteiger partial charge in [0.05, 0.1) is 37.0 Å². The van der Waals surface area contributed by atoms with Gasteiger partial charge in [-0.1, -0.05) is 6.58 Å². The minimum Gasteiger partial charge on any atom is -0.475 e. The van der Waals surface area contributed by atoms with Crippen LogP contribution in [0.15, 0.2) is 30.9 Å². The molecule has 1 aliphatic carbocycles. The van der Waals surface area contributed by atoms with Crippen molar-refractivity contribution < 1.29 is 23.5 Å². The summed E-state index contributed by atoms with van der Waals surface area (Å²) >= 11 is 0. The van der Waals surface area contributed by atoms with Gasteiger partial charge in [0.25, 0.3) is 5.91 Å². The number of likely N-dealkylation sites (N-methyl/N-ethyl adjacent to an activating group) is 2.